The Balaban J connectivity index is 1.54. The molecule has 0 unspecified atom stereocenters. The predicted octanol–water partition coefficient (Wildman–Crippen LogP) is 2.85. The zero-order valence-electron chi connectivity index (χ0n) is 18.8. The van der Waals surface area contributed by atoms with Crippen molar-refractivity contribution in [2.75, 3.05) is 6.54 Å². The number of unbranched alkanes of at least 4 members (excludes halogenated alkanes) is 2. The smallest absolute Gasteiger partial charge is 0.487 e. The number of phenols is 1. The number of nitrogens with zero attached hydrogens (tertiary/aromatic N) is 1. The van der Waals surface area contributed by atoms with Crippen LogP contribution in [-0.2, 0) is 19.0 Å². The molecule has 0 spiro atoms. The van der Waals surface area contributed by atoms with Crippen LogP contribution in [0.3, 0.4) is 0 Å². The summed E-state index contributed by atoms with van der Waals surface area (Å²) in [6.07, 6.45) is 2.99. The fourth-order valence-corrected chi connectivity index (χ4v) is 5.66. The third-order valence-corrected chi connectivity index (χ3v) is 7.27. The van der Waals surface area contributed by atoms with Crippen molar-refractivity contribution < 1.29 is 34.3 Å². The van der Waals surface area contributed by atoms with Crippen molar-refractivity contribution in [3.63, 3.8) is 0 Å². The maximum Gasteiger partial charge on any atom is 0.487 e. The molecule has 2 saturated heterocycles. The number of imide groups is 1. The second kappa shape index (κ2) is 9.69. The second-order valence-corrected chi connectivity index (χ2v) is 9.19. The van der Waals surface area contributed by atoms with E-state index in [1.165, 1.54) is 4.90 Å². The Morgan fingerprint density at radius 2 is 1.85 bits per heavy atom. The number of carboxylic acids is 1. The van der Waals surface area contributed by atoms with Gasteiger partial charge in [0.1, 0.15) is 5.75 Å². The molecule has 176 valence electrons. The van der Waals surface area contributed by atoms with Gasteiger partial charge in [-0.1, -0.05) is 31.1 Å². The van der Waals surface area contributed by atoms with Gasteiger partial charge in [0.15, 0.2) is 0 Å². The van der Waals surface area contributed by atoms with E-state index >= 15 is 0 Å². The number of likely N-dealkylation sites (tertiary alicyclic amines) is 1. The zero-order chi connectivity index (χ0) is 23.7. The highest BCUT2D eigenvalue weighted by Crippen LogP contribution is 2.51. The van der Waals surface area contributed by atoms with Crippen molar-refractivity contribution in [2.24, 2.45) is 17.8 Å². The SMILES string of the molecule is CCC1=C2B(O)O[C@H](c3ccc(O)cc3)C[C@H]2[C@H]2C(=O)N(CCCCCC(=O)O)C(=O)[C@H]2C1. The van der Waals surface area contributed by atoms with E-state index in [1.54, 1.807) is 24.3 Å². The van der Waals surface area contributed by atoms with E-state index in [1.807, 2.05) is 6.92 Å². The van der Waals surface area contributed by atoms with Gasteiger partial charge in [0.2, 0.25) is 11.8 Å². The number of carboxylic acid groups (broad SMARTS) is 1. The summed E-state index contributed by atoms with van der Waals surface area (Å²) in [4.78, 5) is 38.6. The molecule has 1 aromatic rings. The number of phenolic OH excluding ortho intramolecular Hbond substituents is 1. The van der Waals surface area contributed by atoms with Crippen molar-refractivity contribution in [1.82, 2.24) is 4.90 Å². The van der Waals surface area contributed by atoms with E-state index in [9.17, 15) is 24.5 Å². The molecule has 0 bridgehead atoms. The number of amides is 2. The predicted molar refractivity (Wildman–Crippen MR) is 120 cm³/mol. The molecule has 4 atom stereocenters. The molecule has 3 N–H and O–H groups in total. The Morgan fingerprint density at radius 1 is 1.12 bits per heavy atom. The molecule has 2 fully saturated rings. The maximum absolute atomic E-state index is 13.4. The molecule has 0 aromatic heterocycles. The molecule has 2 heterocycles. The number of aliphatic carboxylic acids is 1. The van der Waals surface area contributed by atoms with Crippen LogP contribution in [0.1, 0.15) is 63.5 Å². The van der Waals surface area contributed by atoms with Gasteiger partial charge in [0.05, 0.1) is 17.9 Å². The first kappa shape index (κ1) is 23.5. The van der Waals surface area contributed by atoms with Crippen molar-refractivity contribution >= 4 is 24.9 Å². The quantitative estimate of drug-likeness (QED) is 0.313. The van der Waals surface area contributed by atoms with Gasteiger partial charge < -0.3 is 19.9 Å². The second-order valence-electron chi connectivity index (χ2n) is 9.19. The minimum absolute atomic E-state index is 0.0822. The van der Waals surface area contributed by atoms with Crippen molar-refractivity contribution in [3.05, 3.63) is 40.9 Å². The fourth-order valence-electron chi connectivity index (χ4n) is 5.66. The van der Waals surface area contributed by atoms with E-state index < -0.39 is 31.0 Å². The highest BCUT2D eigenvalue weighted by Gasteiger charge is 2.57. The van der Waals surface area contributed by atoms with Crippen LogP contribution < -0.4 is 0 Å². The van der Waals surface area contributed by atoms with E-state index in [0.29, 0.717) is 45.1 Å². The first-order chi connectivity index (χ1) is 15.8. The van der Waals surface area contributed by atoms with Crippen LogP contribution in [0.4, 0.5) is 0 Å². The Bertz CT molecular complexity index is 960. The molecular formula is C24H30BNO7. The van der Waals surface area contributed by atoms with E-state index in [0.717, 1.165) is 16.6 Å². The minimum atomic E-state index is -1.13. The molecular weight excluding hydrogens is 425 g/mol. The number of benzene rings is 1. The lowest BCUT2D eigenvalue weighted by Crippen LogP contribution is -2.44. The number of carbonyl (C=O) groups is 3. The van der Waals surface area contributed by atoms with Crippen LogP contribution >= 0.6 is 0 Å². The molecule has 4 rings (SSSR count). The number of hydrogen-bond acceptors (Lipinski definition) is 6. The maximum atomic E-state index is 13.4. The van der Waals surface area contributed by atoms with E-state index in [4.69, 9.17) is 9.76 Å². The molecule has 0 saturated carbocycles. The summed E-state index contributed by atoms with van der Waals surface area (Å²) in [5.41, 5.74) is 2.54. The highest BCUT2D eigenvalue weighted by atomic mass is 16.5. The Hall–Kier alpha value is -2.65. The molecule has 33 heavy (non-hydrogen) atoms. The summed E-state index contributed by atoms with van der Waals surface area (Å²) in [7, 11) is -1.13. The normalized spacial score (nSPS) is 27.1. The first-order valence-corrected chi connectivity index (χ1v) is 11.7. The molecule has 2 aliphatic heterocycles. The number of aromatic hydroxyl groups is 1. The first-order valence-electron chi connectivity index (χ1n) is 11.7. The summed E-state index contributed by atoms with van der Waals surface area (Å²) in [5, 5.41) is 29.3. The van der Waals surface area contributed by atoms with Crippen LogP contribution in [0, 0.1) is 17.8 Å². The zero-order valence-corrected chi connectivity index (χ0v) is 18.8. The van der Waals surface area contributed by atoms with Crippen molar-refractivity contribution in [2.45, 2.75) is 58.0 Å². The number of carbonyl (C=O) groups excluding carboxylic acids is 2. The molecule has 1 aromatic carbocycles. The molecule has 8 nitrogen and oxygen atoms in total. The summed E-state index contributed by atoms with van der Waals surface area (Å²) in [6, 6.07) is 6.61. The Labute approximate surface area is 193 Å². The summed E-state index contributed by atoms with van der Waals surface area (Å²) in [6.45, 7) is 2.29. The Morgan fingerprint density at radius 3 is 2.52 bits per heavy atom. The topological polar surface area (TPSA) is 124 Å². The molecule has 0 radical (unpaired) electrons. The number of hydrogen-bond donors (Lipinski definition) is 3. The third-order valence-electron chi connectivity index (χ3n) is 7.27. The van der Waals surface area contributed by atoms with Gasteiger partial charge in [-0.3, -0.25) is 19.3 Å². The van der Waals surface area contributed by atoms with Crippen LogP contribution in [-0.4, -0.2) is 51.6 Å². The summed E-state index contributed by atoms with van der Waals surface area (Å²) < 4.78 is 5.92. The Kier molecular flexibility index (Phi) is 6.90. The lowest BCUT2D eigenvalue weighted by Gasteiger charge is -2.42. The summed E-state index contributed by atoms with van der Waals surface area (Å²) >= 11 is 0. The average molecular weight is 455 g/mol. The van der Waals surface area contributed by atoms with Crippen LogP contribution in [0.2, 0.25) is 0 Å². The molecule has 9 heteroatoms. The van der Waals surface area contributed by atoms with E-state index in [-0.39, 0.29) is 29.9 Å². The summed E-state index contributed by atoms with van der Waals surface area (Å²) in [5.74, 6) is -2.28. The lowest BCUT2D eigenvalue weighted by molar-refractivity contribution is -0.141. The van der Waals surface area contributed by atoms with Gasteiger partial charge in [0.25, 0.3) is 0 Å². The van der Waals surface area contributed by atoms with Gasteiger partial charge in [0, 0.05) is 13.0 Å². The van der Waals surface area contributed by atoms with Gasteiger partial charge in [-0.05, 0) is 61.2 Å². The third kappa shape index (κ3) is 4.57. The largest absolute Gasteiger partial charge is 0.508 e. The fraction of sp³-hybridized carbons (Fsp3) is 0.542. The van der Waals surface area contributed by atoms with Crippen LogP contribution in [0.25, 0.3) is 0 Å². The average Bonchev–Trinajstić information content (AvgIpc) is 3.03. The minimum Gasteiger partial charge on any atom is -0.508 e. The van der Waals surface area contributed by atoms with Gasteiger partial charge in [-0.2, -0.15) is 0 Å². The highest BCUT2D eigenvalue weighted by molar-refractivity contribution is 6.53. The molecule has 3 aliphatic rings. The number of allylic oxidation sites excluding steroid dienone is 2. The van der Waals surface area contributed by atoms with Gasteiger partial charge in [-0.25, -0.2) is 0 Å². The number of fused-ring (bicyclic) bond motifs is 3. The van der Waals surface area contributed by atoms with Crippen LogP contribution in [0.15, 0.2) is 35.3 Å². The molecule has 2 amide bonds. The van der Waals surface area contributed by atoms with Crippen molar-refractivity contribution in [3.8, 4) is 5.75 Å². The van der Waals surface area contributed by atoms with E-state index in [2.05, 4.69) is 0 Å². The van der Waals surface area contributed by atoms with Crippen molar-refractivity contribution in [1.29, 1.82) is 0 Å². The lowest BCUT2D eigenvalue weighted by atomic mass is 9.55. The monoisotopic (exact) mass is 455 g/mol. The standard InChI is InChI=1S/C24H30BNO7/c1-2-14-12-18-21(24(31)26(23(18)30)11-5-3-4-6-20(28)29)17-13-19(33-25(32)22(14)17)15-7-9-16(27)10-8-15/h7-10,17-19,21,27,32H,2-6,11-13H2,1H3,(H,28,29)/t17-,18-,19-,21+/m0/s1. The van der Waals surface area contributed by atoms with Gasteiger partial charge >= 0.3 is 13.1 Å². The van der Waals surface area contributed by atoms with Gasteiger partial charge in [-0.15, -0.1) is 0 Å². The van der Waals surface area contributed by atoms with Crippen LogP contribution in [0.5, 0.6) is 5.75 Å². The molecule has 1 aliphatic carbocycles. The number of rotatable bonds is 8.